The van der Waals surface area contributed by atoms with Gasteiger partial charge in [0.2, 0.25) is 5.91 Å². The van der Waals surface area contributed by atoms with Gasteiger partial charge in [-0.2, -0.15) is 0 Å². The van der Waals surface area contributed by atoms with Crippen molar-refractivity contribution in [2.24, 2.45) is 0 Å². The Kier molecular flexibility index (Phi) is 7.60. The van der Waals surface area contributed by atoms with Crippen LogP contribution in [-0.4, -0.2) is 53.7 Å². The van der Waals surface area contributed by atoms with Gasteiger partial charge < -0.3 is 10.2 Å². The third kappa shape index (κ3) is 7.50. The highest BCUT2D eigenvalue weighted by Crippen LogP contribution is 1.93. The number of carbonyl (C=O) groups is 1. The van der Waals surface area contributed by atoms with E-state index in [2.05, 4.69) is 5.32 Å². The molecular formula is C10H22N2O2S. The van der Waals surface area contributed by atoms with Gasteiger partial charge in [-0.15, -0.1) is 0 Å². The van der Waals surface area contributed by atoms with Crippen molar-refractivity contribution in [3.8, 4) is 0 Å². The molecule has 1 N–H and O–H groups in total. The van der Waals surface area contributed by atoms with Gasteiger partial charge in [-0.1, -0.05) is 0 Å². The summed E-state index contributed by atoms with van der Waals surface area (Å²) in [5.74, 6) is 0.156. The Morgan fingerprint density at radius 1 is 1.47 bits per heavy atom. The molecule has 0 aliphatic carbocycles. The lowest BCUT2D eigenvalue weighted by atomic mass is 10.3. The Labute approximate surface area is 94.9 Å². The Hall–Kier alpha value is -0.420. The minimum Gasteiger partial charge on any atom is -0.349 e. The maximum atomic E-state index is 11.2. The fraction of sp³-hybridized carbons (Fsp3) is 0.900. The Morgan fingerprint density at radius 2 is 2.07 bits per heavy atom. The molecule has 0 bridgehead atoms. The van der Waals surface area contributed by atoms with E-state index in [-0.39, 0.29) is 11.2 Å². The first-order valence-corrected chi connectivity index (χ1v) is 6.80. The van der Waals surface area contributed by atoms with Crippen molar-refractivity contribution in [2.45, 2.75) is 25.0 Å². The van der Waals surface area contributed by atoms with Crippen molar-refractivity contribution in [1.82, 2.24) is 10.2 Å². The molecule has 0 rings (SSSR count). The highest BCUT2D eigenvalue weighted by atomic mass is 32.2. The van der Waals surface area contributed by atoms with Crippen LogP contribution in [0.3, 0.4) is 0 Å². The van der Waals surface area contributed by atoms with Crippen molar-refractivity contribution >= 4 is 16.7 Å². The van der Waals surface area contributed by atoms with Gasteiger partial charge >= 0.3 is 0 Å². The smallest absolute Gasteiger partial charge is 0.222 e. The van der Waals surface area contributed by atoms with E-state index in [9.17, 15) is 9.00 Å². The summed E-state index contributed by atoms with van der Waals surface area (Å²) >= 11 is 0. The molecule has 0 saturated heterocycles. The molecular weight excluding hydrogens is 212 g/mol. The third-order valence-corrected chi connectivity index (χ3v) is 3.54. The monoisotopic (exact) mass is 234 g/mol. The maximum absolute atomic E-state index is 11.2. The molecule has 4 nitrogen and oxygen atoms in total. The van der Waals surface area contributed by atoms with E-state index >= 15 is 0 Å². The molecule has 0 aromatic carbocycles. The van der Waals surface area contributed by atoms with Gasteiger partial charge in [0, 0.05) is 49.4 Å². The highest BCUT2D eigenvalue weighted by molar-refractivity contribution is 7.84. The normalized spacial score (nSPS) is 14.7. The number of carbonyl (C=O) groups excluding carboxylic acids is 1. The van der Waals surface area contributed by atoms with Crippen LogP contribution < -0.4 is 5.32 Å². The van der Waals surface area contributed by atoms with Crippen LogP contribution in [0.2, 0.25) is 0 Å². The van der Waals surface area contributed by atoms with Gasteiger partial charge in [0.15, 0.2) is 0 Å². The number of hydrogen-bond donors (Lipinski definition) is 1. The van der Waals surface area contributed by atoms with Crippen LogP contribution in [0.5, 0.6) is 0 Å². The third-order valence-electron chi connectivity index (χ3n) is 2.24. The topological polar surface area (TPSA) is 49.4 Å². The highest BCUT2D eigenvalue weighted by Gasteiger charge is 2.05. The molecule has 5 heteroatoms. The van der Waals surface area contributed by atoms with Crippen LogP contribution in [0.1, 0.15) is 19.8 Å². The zero-order chi connectivity index (χ0) is 11.8. The van der Waals surface area contributed by atoms with E-state index in [0.29, 0.717) is 6.42 Å². The molecule has 0 aromatic rings. The van der Waals surface area contributed by atoms with Crippen molar-refractivity contribution in [3.05, 3.63) is 0 Å². The summed E-state index contributed by atoms with van der Waals surface area (Å²) in [6.45, 7) is 3.51. The van der Waals surface area contributed by atoms with Crippen LogP contribution in [0.4, 0.5) is 0 Å². The summed E-state index contributed by atoms with van der Waals surface area (Å²) in [7, 11) is 2.75. The van der Waals surface area contributed by atoms with E-state index in [1.165, 1.54) is 0 Å². The van der Waals surface area contributed by atoms with E-state index in [1.54, 1.807) is 25.3 Å². The van der Waals surface area contributed by atoms with Crippen molar-refractivity contribution in [3.63, 3.8) is 0 Å². The van der Waals surface area contributed by atoms with Gasteiger partial charge in [0.25, 0.3) is 0 Å². The molecule has 2 atom stereocenters. The first kappa shape index (κ1) is 14.6. The second-order valence-electron chi connectivity index (χ2n) is 3.91. The quantitative estimate of drug-likeness (QED) is 0.641. The lowest BCUT2D eigenvalue weighted by molar-refractivity contribution is -0.128. The lowest BCUT2D eigenvalue weighted by Gasteiger charge is -2.11. The van der Waals surface area contributed by atoms with E-state index in [1.807, 2.05) is 6.92 Å². The van der Waals surface area contributed by atoms with Gasteiger partial charge in [-0.3, -0.25) is 9.00 Å². The average molecular weight is 234 g/mol. The van der Waals surface area contributed by atoms with Crippen LogP contribution in [0, 0.1) is 0 Å². The molecule has 15 heavy (non-hydrogen) atoms. The van der Waals surface area contributed by atoms with E-state index in [4.69, 9.17) is 0 Å². The molecule has 1 amide bonds. The molecule has 0 aromatic heterocycles. The zero-order valence-electron chi connectivity index (χ0n) is 10.1. The first-order valence-electron chi connectivity index (χ1n) is 5.18. The SMILES string of the molecule is CC(CNCCCC(=O)N(C)C)S(C)=O. The largest absolute Gasteiger partial charge is 0.349 e. The summed E-state index contributed by atoms with van der Waals surface area (Å²) in [6, 6.07) is 0. The fourth-order valence-electron chi connectivity index (χ4n) is 1.01. The summed E-state index contributed by atoms with van der Waals surface area (Å²) in [6.07, 6.45) is 3.12. The van der Waals surface area contributed by atoms with Crippen molar-refractivity contribution < 1.29 is 9.00 Å². The second kappa shape index (κ2) is 7.82. The van der Waals surface area contributed by atoms with Crippen molar-refractivity contribution in [2.75, 3.05) is 33.4 Å². The van der Waals surface area contributed by atoms with Crippen LogP contribution in [0.15, 0.2) is 0 Å². The summed E-state index contributed by atoms with van der Waals surface area (Å²) in [5, 5.41) is 3.37. The molecule has 0 aliphatic rings. The molecule has 0 spiro atoms. The maximum Gasteiger partial charge on any atom is 0.222 e. The average Bonchev–Trinajstić information content (AvgIpc) is 2.16. The Morgan fingerprint density at radius 3 is 2.53 bits per heavy atom. The standard InChI is InChI=1S/C10H22N2O2S/c1-9(15(4)14)8-11-7-5-6-10(13)12(2)3/h9,11H,5-8H2,1-4H3. The van der Waals surface area contributed by atoms with Gasteiger partial charge in [0.05, 0.1) is 0 Å². The predicted molar refractivity (Wildman–Crippen MR) is 64.3 cm³/mol. The van der Waals surface area contributed by atoms with Gasteiger partial charge in [0.1, 0.15) is 0 Å². The number of hydrogen-bond acceptors (Lipinski definition) is 3. The second-order valence-corrected chi connectivity index (χ2v) is 5.71. The molecule has 2 unspecified atom stereocenters. The van der Waals surface area contributed by atoms with Crippen molar-refractivity contribution in [1.29, 1.82) is 0 Å². The molecule has 90 valence electrons. The Bertz CT molecular complexity index is 219. The lowest BCUT2D eigenvalue weighted by Crippen LogP contribution is -2.29. The number of amides is 1. The van der Waals surface area contributed by atoms with E-state index < -0.39 is 10.8 Å². The summed E-state index contributed by atoms with van der Waals surface area (Å²) < 4.78 is 11.0. The van der Waals surface area contributed by atoms with Crippen LogP contribution >= 0.6 is 0 Å². The number of rotatable bonds is 7. The number of nitrogens with one attached hydrogen (secondary N) is 1. The van der Waals surface area contributed by atoms with Crippen LogP contribution in [-0.2, 0) is 15.6 Å². The first-order chi connectivity index (χ1) is 6.95. The van der Waals surface area contributed by atoms with Gasteiger partial charge in [-0.25, -0.2) is 0 Å². The predicted octanol–water partition coefficient (Wildman–Crippen LogP) is 0.211. The summed E-state index contributed by atoms with van der Waals surface area (Å²) in [5.41, 5.74) is 0. The minimum absolute atomic E-state index is 0.156. The molecule has 0 saturated carbocycles. The zero-order valence-corrected chi connectivity index (χ0v) is 10.9. The number of nitrogens with zero attached hydrogens (tertiary/aromatic N) is 1. The minimum atomic E-state index is -0.770. The van der Waals surface area contributed by atoms with Crippen LogP contribution in [0.25, 0.3) is 0 Å². The Balaban J connectivity index is 3.40. The molecule has 0 radical (unpaired) electrons. The van der Waals surface area contributed by atoms with Gasteiger partial charge in [-0.05, 0) is 19.9 Å². The fourth-order valence-corrected chi connectivity index (χ4v) is 1.36. The molecule has 0 heterocycles. The molecule has 0 aliphatic heterocycles. The summed E-state index contributed by atoms with van der Waals surface area (Å²) in [4.78, 5) is 12.8. The van der Waals surface area contributed by atoms with E-state index in [0.717, 1.165) is 19.5 Å². The molecule has 0 fully saturated rings.